The van der Waals surface area contributed by atoms with Crippen LogP contribution in [0.2, 0.25) is 0 Å². The molecule has 1 aromatic heterocycles. The Labute approximate surface area is 165 Å². The van der Waals surface area contributed by atoms with Gasteiger partial charge in [-0.1, -0.05) is 0 Å². The number of guanidine groups is 1. The fraction of sp³-hybridized carbons (Fsp3) is 0.722. The van der Waals surface area contributed by atoms with E-state index < -0.39 is 0 Å². The molecule has 1 aliphatic heterocycles. The van der Waals surface area contributed by atoms with Gasteiger partial charge in [-0.05, 0) is 19.8 Å². The lowest BCUT2D eigenvalue weighted by atomic mass is 10.3. The van der Waals surface area contributed by atoms with Crippen LogP contribution in [0, 0.1) is 0 Å². The van der Waals surface area contributed by atoms with Gasteiger partial charge in [0.2, 0.25) is 5.91 Å². The van der Waals surface area contributed by atoms with Crippen LogP contribution in [0.15, 0.2) is 10.4 Å². The van der Waals surface area contributed by atoms with Crippen molar-refractivity contribution in [1.82, 2.24) is 25.4 Å². The van der Waals surface area contributed by atoms with E-state index in [-0.39, 0.29) is 5.91 Å². The Kier molecular flexibility index (Phi) is 6.89. The maximum Gasteiger partial charge on any atom is 0.234 e. The molecule has 2 fully saturated rings. The number of rotatable bonds is 7. The molecule has 27 heavy (non-hydrogen) atoms. The molecule has 3 rings (SSSR count). The van der Waals surface area contributed by atoms with Gasteiger partial charge in [-0.3, -0.25) is 9.69 Å². The highest BCUT2D eigenvalue weighted by Crippen LogP contribution is 2.19. The van der Waals surface area contributed by atoms with E-state index in [9.17, 15) is 4.79 Å². The molecule has 9 heteroatoms. The van der Waals surface area contributed by atoms with Gasteiger partial charge in [0.1, 0.15) is 0 Å². The second-order valence-electron chi connectivity index (χ2n) is 7.29. The second kappa shape index (κ2) is 9.36. The van der Waals surface area contributed by atoms with Crippen molar-refractivity contribution >= 4 is 28.3 Å². The summed E-state index contributed by atoms with van der Waals surface area (Å²) in [5, 5.41) is 9.52. The lowest BCUT2D eigenvalue weighted by Gasteiger charge is -2.36. The van der Waals surface area contributed by atoms with E-state index in [0.717, 1.165) is 62.4 Å². The largest absolute Gasteiger partial charge is 0.357 e. The van der Waals surface area contributed by atoms with Gasteiger partial charge in [-0.2, -0.15) is 0 Å². The van der Waals surface area contributed by atoms with E-state index in [1.165, 1.54) is 0 Å². The zero-order valence-electron chi connectivity index (χ0n) is 16.6. The molecule has 2 N–H and O–H groups in total. The van der Waals surface area contributed by atoms with Crippen molar-refractivity contribution in [3.8, 4) is 0 Å². The van der Waals surface area contributed by atoms with E-state index >= 15 is 0 Å². The van der Waals surface area contributed by atoms with Gasteiger partial charge in [0.25, 0.3) is 0 Å². The van der Waals surface area contributed by atoms with Gasteiger partial charge >= 0.3 is 0 Å². The number of piperazine rings is 1. The highest BCUT2D eigenvalue weighted by atomic mass is 32.1. The third-order valence-corrected chi connectivity index (χ3v) is 5.69. The third-order valence-electron chi connectivity index (χ3n) is 4.63. The summed E-state index contributed by atoms with van der Waals surface area (Å²) in [5.41, 5.74) is 0.995. The number of anilines is 1. The summed E-state index contributed by atoms with van der Waals surface area (Å²) < 4.78 is 0. The van der Waals surface area contributed by atoms with Crippen LogP contribution in [0.4, 0.5) is 5.13 Å². The van der Waals surface area contributed by atoms with Crippen molar-refractivity contribution in [3.63, 3.8) is 0 Å². The molecule has 0 unspecified atom stereocenters. The van der Waals surface area contributed by atoms with Gasteiger partial charge in [0, 0.05) is 58.2 Å². The molecule has 0 atom stereocenters. The van der Waals surface area contributed by atoms with Crippen LogP contribution in [0.25, 0.3) is 0 Å². The normalized spacial score (nSPS) is 18.5. The highest BCUT2D eigenvalue weighted by molar-refractivity contribution is 7.13. The molecule has 0 radical (unpaired) electrons. The monoisotopic (exact) mass is 393 g/mol. The molecule has 0 aromatic carbocycles. The van der Waals surface area contributed by atoms with Gasteiger partial charge in [-0.25, -0.2) is 9.98 Å². The molecule has 2 heterocycles. The summed E-state index contributed by atoms with van der Waals surface area (Å²) >= 11 is 1.64. The van der Waals surface area contributed by atoms with Crippen LogP contribution in [0.1, 0.15) is 25.5 Å². The number of aliphatic imine (C=N–C) groups is 1. The summed E-state index contributed by atoms with van der Waals surface area (Å²) in [4.78, 5) is 27.9. The fourth-order valence-electron chi connectivity index (χ4n) is 2.98. The van der Waals surface area contributed by atoms with E-state index in [2.05, 4.69) is 37.7 Å². The number of amides is 1. The molecule has 150 valence electrons. The fourth-order valence-corrected chi connectivity index (χ4v) is 3.73. The lowest BCUT2D eigenvalue weighted by Crippen LogP contribution is -2.54. The number of hydrogen-bond acceptors (Lipinski definition) is 6. The first kappa shape index (κ1) is 19.9. The summed E-state index contributed by atoms with van der Waals surface area (Å²) in [6.07, 6.45) is 2.27. The van der Waals surface area contributed by atoms with E-state index in [1.807, 2.05) is 19.0 Å². The van der Waals surface area contributed by atoms with Crippen molar-refractivity contribution in [1.29, 1.82) is 0 Å². The van der Waals surface area contributed by atoms with Crippen LogP contribution >= 0.6 is 11.3 Å². The molecule has 0 bridgehead atoms. The maximum atomic E-state index is 12.0. The van der Waals surface area contributed by atoms with E-state index in [0.29, 0.717) is 19.1 Å². The molecule has 1 aliphatic carbocycles. The van der Waals surface area contributed by atoms with Gasteiger partial charge in [0.15, 0.2) is 11.1 Å². The predicted molar refractivity (Wildman–Crippen MR) is 110 cm³/mol. The molecule has 0 spiro atoms. The van der Waals surface area contributed by atoms with Crippen molar-refractivity contribution in [2.24, 2.45) is 4.99 Å². The van der Waals surface area contributed by atoms with Crippen LogP contribution in [-0.2, 0) is 11.3 Å². The van der Waals surface area contributed by atoms with Gasteiger partial charge < -0.3 is 20.4 Å². The number of thiazole rings is 1. The topological polar surface area (TPSA) is 76.1 Å². The number of aromatic nitrogens is 1. The minimum absolute atomic E-state index is 0.159. The van der Waals surface area contributed by atoms with Crippen LogP contribution in [-0.4, -0.2) is 86.1 Å². The van der Waals surface area contributed by atoms with Crippen molar-refractivity contribution < 1.29 is 4.79 Å². The summed E-state index contributed by atoms with van der Waals surface area (Å²) in [6.45, 7) is 7.52. The SMILES string of the molecule is CCNC(=NCc1csc(N(C)C)n1)N1CCN(CC(=O)NC2CC2)CC1. The summed E-state index contributed by atoms with van der Waals surface area (Å²) in [7, 11) is 4.00. The lowest BCUT2D eigenvalue weighted by molar-refractivity contribution is -0.122. The van der Waals surface area contributed by atoms with Crippen LogP contribution < -0.4 is 15.5 Å². The number of nitrogens with zero attached hydrogens (tertiary/aromatic N) is 5. The Morgan fingerprint density at radius 2 is 2.07 bits per heavy atom. The molecule has 1 saturated carbocycles. The molecular weight excluding hydrogens is 362 g/mol. The first-order valence-corrected chi connectivity index (χ1v) is 10.6. The molecule has 1 amide bonds. The molecule has 1 aromatic rings. The molecular formula is C18H31N7OS. The molecule has 1 saturated heterocycles. The Hall–Kier alpha value is -1.87. The van der Waals surface area contributed by atoms with E-state index in [4.69, 9.17) is 4.99 Å². The maximum absolute atomic E-state index is 12.0. The quantitative estimate of drug-likeness (QED) is 0.521. The average molecular weight is 394 g/mol. The van der Waals surface area contributed by atoms with Crippen molar-refractivity contribution in [2.45, 2.75) is 32.4 Å². The van der Waals surface area contributed by atoms with Gasteiger partial charge in [0.05, 0.1) is 18.8 Å². The van der Waals surface area contributed by atoms with E-state index in [1.54, 1.807) is 11.3 Å². The Bertz CT molecular complexity index is 648. The molecule has 2 aliphatic rings. The minimum atomic E-state index is 0.159. The first-order chi connectivity index (χ1) is 13.0. The van der Waals surface area contributed by atoms with Crippen molar-refractivity contribution in [2.75, 3.05) is 58.3 Å². The first-order valence-electron chi connectivity index (χ1n) is 9.72. The summed E-state index contributed by atoms with van der Waals surface area (Å²) in [5.74, 6) is 1.09. The molecule has 8 nitrogen and oxygen atoms in total. The number of carbonyl (C=O) groups excluding carboxylic acids is 1. The van der Waals surface area contributed by atoms with Crippen LogP contribution in [0.5, 0.6) is 0 Å². The zero-order chi connectivity index (χ0) is 19.2. The Balaban J connectivity index is 1.49. The number of hydrogen-bond donors (Lipinski definition) is 2. The third kappa shape index (κ3) is 6.07. The second-order valence-corrected chi connectivity index (χ2v) is 8.13. The smallest absolute Gasteiger partial charge is 0.234 e. The number of carbonyl (C=O) groups is 1. The zero-order valence-corrected chi connectivity index (χ0v) is 17.4. The number of nitrogens with one attached hydrogen (secondary N) is 2. The standard InChI is InChI=1S/C18H31N7OS/c1-4-19-17(20-11-15-13-27-18(22-15)23(2)3)25-9-7-24(8-10-25)12-16(26)21-14-5-6-14/h13-14H,4-12H2,1-3H3,(H,19,20)(H,21,26). The minimum Gasteiger partial charge on any atom is -0.357 e. The Morgan fingerprint density at radius 3 is 2.67 bits per heavy atom. The summed E-state index contributed by atoms with van der Waals surface area (Å²) in [6, 6.07) is 0.435. The highest BCUT2D eigenvalue weighted by Gasteiger charge is 2.25. The van der Waals surface area contributed by atoms with Crippen molar-refractivity contribution in [3.05, 3.63) is 11.1 Å². The van der Waals surface area contributed by atoms with Crippen LogP contribution in [0.3, 0.4) is 0 Å². The average Bonchev–Trinajstić information content (AvgIpc) is 3.32. The Morgan fingerprint density at radius 1 is 1.33 bits per heavy atom. The predicted octanol–water partition coefficient (Wildman–Crippen LogP) is 0.571. The van der Waals surface area contributed by atoms with Gasteiger partial charge in [-0.15, -0.1) is 11.3 Å².